The van der Waals surface area contributed by atoms with Gasteiger partial charge in [-0.2, -0.15) is 0 Å². The minimum Gasteiger partial charge on any atom is -0.489 e. The molecule has 6 rings (SSSR count). The number of aromatic nitrogens is 1. The van der Waals surface area contributed by atoms with Gasteiger partial charge in [-0.15, -0.1) is 0 Å². The van der Waals surface area contributed by atoms with Crippen LogP contribution in [-0.4, -0.2) is 10.5 Å². The molecule has 1 aromatic heterocycles. The van der Waals surface area contributed by atoms with Crippen molar-refractivity contribution in [2.45, 2.75) is 54.4 Å². The first-order valence-electron chi connectivity index (χ1n) is 17.2. The Morgan fingerprint density at radius 1 is 0.612 bits per heavy atom. The Labute approximate surface area is 290 Å². The Hall–Kier alpha value is -5.29. The van der Waals surface area contributed by atoms with Crippen LogP contribution in [0.3, 0.4) is 0 Å². The summed E-state index contributed by atoms with van der Waals surface area (Å²) in [6.45, 7) is 12.5. The van der Waals surface area contributed by atoms with E-state index >= 15 is 0 Å². The van der Waals surface area contributed by atoms with Gasteiger partial charge in [0, 0.05) is 23.4 Å². The van der Waals surface area contributed by atoms with Gasteiger partial charge in [-0.1, -0.05) is 100 Å². The summed E-state index contributed by atoms with van der Waals surface area (Å²) in [5.74, 6) is 3.45. The maximum absolute atomic E-state index is 8.63. The van der Waals surface area contributed by atoms with E-state index in [0.717, 1.165) is 50.3 Å². The van der Waals surface area contributed by atoms with Crippen molar-refractivity contribution in [1.29, 1.82) is 5.41 Å². The van der Waals surface area contributed by atoms with E-state index in [9.17, 15) is 0 Å². The number of aryl methyl sites for hydroxylation is 1. The summed E-state index contributed by atoms with van der Waals surface area (Å²) < 4.78 is 20.8. The fourth-order valence-electron chi connectivity index (χ4n) is 6.73. The first-order chi connectivity index (χ1) is 23.8. The first-order valence-corrected chi connectivity index (χ1v) is 17.2. The summed E-state index contributed by atoms with van der Waals surface area (Å²) in [5, 5.41) is 9.79. The summed E-state index contributed by atoms with van der Waals surface area (Å²) in [4.78, 5) is 0. The van der Waals surface area contributed by atoms with Gasteiger partial charge in [0.25, 0.3) is 0 Å². The summed E-state index contributed by atoms with van der Waals surface area (Å²) in [7, 11) is 0. The van der Waals surface area contributed by atoms with Crippen LogP contribution in [0.4, 0.5) is 0 Å². The van der Waals surface area contributed by atoms with Gasteiger partial charge in [-0.25, -0.2) is 0 Å². The van der Waals surface area contributed by atoms with Crippen molar-refractivity contribution in [3.8, 4) is 28.5 Å². The lowest BCUT2D eigenvalue weighted by Crippen LogP contribution is -2.29. The third-order valence-corrected chi connectivity index (χ3v) is 9.14. The molecule has 0 radical (unpaired) electrons. The van der Waals surface area contributed by atoms with Crippen molar-refractivity contribution in [1.82, 2.24) is 4.57 Å². The van der Waals surface area contributed by atoms with Crippen molar-refractivity contribution >= 4 is 16.8 Å². The van der Waals surface area contributed by atoms with E-state index in [1.54, 1.807) is 0 Å². The smallest absolute Gasteiger partial charge is 0.191 e. The van der Waals surface area contributed by atoms with Gasteiger partial charge < -0.3 is 18.8 Å². The van der Waals surface area contributed by atoms with Crippen molar-refractivity contribution in [2.75, 3.05) is 0 Å². The van der Waals surface area contributed by atoms with Gasteiger partial charge in [-0.05, 0) is 101 Å². The van der Waals surface area contributed by atoms with Gasteiger partial charge in [0.15, 0.2) is 5.90 Å². The van der Waals surface area contributed by atoms with Gasteiger partial charge in [0.2, 0.25) is 0 Å². The zero-order valence-corrected chi connectivity index (χ0v) is 29.1. The average Bonchev–Trinajstić information content (AvgIpc) is 3.38. The van der Waals surface area contributed by atoms with E-state index in [1.165, 1.54) is 5.56 Å². The fraction of sp³-hybridized carbons (Fsp3) is 0.250. The van der Waals surface area contributed by atoms with Crippen molar-refractivity contribution in [3.63, 3.8) is 0 Å². The lowest BCUT2D eigenvalue weighted by atomic mass is 9.85. The predicted molar refractivity (Wildman–Crippen MR) is 201 cm³/mol. The normalized spacial score (nSPS) is 11.4. The Kier molecular flexibility index (Phi) is 10.5. The molecule has 0 aliphatic carbocycles. The second-order valence-electron chi connectivity index (χ2n) is 13.4. The molecule has 0 saturated carbocycles. The highest BCUT2D eigenvalue weighted by Crippen LogP contribution is 2.37. The SMILES string of the molecule is Cc1c(-c2ccc(OCc3ccccc3)cc2)n(Cc2ccc(OC(=N)C(C(C)C)C(C)C)cc2)c2ccc(OCc3ccccc3)cc12. The number of hydrogen-bond donors (Lipinski definition) is 1. The third kappa shape index (κ3) is 8.06. The minimum atomic E-state index is 0.0770. The molecule has 49 heavy (non-hydrogen) atoms. The number of benzene rings is 5. The molecule has 5 nitrogen and oxygen atoms in total. The van der Waals surface area contributed by atoms with Gasteiger partial charge in [-0.3, -0.25) is 5.41 Å². The quantitative estimate of drug-likeness (QED) is 0.0999. The lowest BCUT2D eigenvalue weighted by Gasteiger charge is -2.25. The molecule has 0 bridgehead atoms. The molecule has 1 heterocycles. The average molecular weight is 651 g/mol. The molecule has 5 aromatic carbocycles. The van der Waals surface area contributed by atoms with Gasteiger partial charge >= 0.3 is 0 Å². The van der Waals surface area contributed by atoms with E-state index in [0.29, 0.717) is 43.2 Å². The molecule has 1 N–H and O–H groups in total. The Morgan fingerprint density at radius 3 is 1.71 bits per heavy atom. The van der Waals surface area contributed by atoms with E-state index in [2.05, 4.69) is 118 Å². The maximum atomic E-state index is 8.63. The van der Waals surface area contributed by atoms with Crippen molar-refractivity contribution in [2.24, 2.45) is 17.8 Å². The molecule has 0 fully saturated rings. The summed E-state index contributed by atoms with van der Waals surface area (Å²) in [5.41, 5.74) is 8.04. The lowest BCUT2D eigenvalue weighted by molar-refractivity contribution is 0.306. The maximum Gasteiger partial charge on any atom is 0.191 e. The molecular weight excluding hydrogens is 604 g/mol. The number of hydrogen-bond acceptors (Lipinski definition) is 4. The molecule has 0 amide bonds. The molecule has 6 aromatic rings. The zero-order chi connectivity index (χ0) is 34.3. The van der Waals surface area contributed by atoms with Crippen molar-refractivity contribution < 1.29 is 14.2 Å². The molecule has 0 saturated heterocycles. The molecule has 0 spiro atoms. The van der Waals surface area contributed by atoms with E-state index < -0.39 is 0 Å². The van der Waals surface area contributed by atoms with Gasteiger partial charge in [0.05, 0.1) is 5.69 Å². The van der Waals surface area contributed by atoms with Crippen LogP contribution in [0.2, 0.25) is 0 Å². The van der Waals surface area contributed by atoms with E-state index in [1.807, 2.05) is 48.5 Å². The molecule has 0 atom stereocenters. The summed E-state index contributed by atoms with van der Waals surface area (Å²) >= 11 is 0. The summed E-state index contributed by atoms with van der Waals surface area (Å²) in [6.07, 6.45) is 0. The highest BCUT2D eigenvalue weighted by Gasteiger charge is 2.24. The zero-order valence-electron chi connectivity index (χ0n) is 29.1. The number of ether oxygens (including phenoxy) is 3. The highest BCUT2D eigenvalue weighted by atomic mass is 16.5. The number of nitrogens with zero attached hydrogens (tertiary/aromatic N) is 1. The molecule has 0 aliphatic heterocycles. The third-order valence-electron chi connectivity index (χ3n) is 9.14. The van der Waals surface area contributed by atoms with Crippen LogP contribution < -0.4 is 14.2 Å². The van der Waals surface area contributed by atoms with E-state index in [4.69, 9.17) is 19.6 Å². The minimum absolute atomic E-state index is 0.0770. The Balaban J connectivity index is 1.29. The number of nitrogens with one attached hydrogen (secondary N) is 1. The Morgan fingerprint density at radius 2 is 1.14 bits per heavy atom. The topological polar surface area (TPSA) is 56.5 Å². The van der Waals surface area contributed by atoms with Crippen molar-refractivity contribution in [3.05, 3.63) is 150 Å². The van der Waals surface area contributed by atoms with E-state index in [-0.39, 0.29) is 5.92 Å². The summed E-state index contributed by atoms with van der Waals surface area (Å²) in [6, 6.07) is 43.4. The van der Waals surface area contributed by atoms with Crippen LogP contribution in [-0.2, 0) is 19.8 Å². The first kappa shape index (κ1) is 33.6. The predicted octanol–water partition coefficient (Wildman–Crippen LogP) is 11.1. The molecule has 5 heteroatoms. The largest absolute Gasteiger partial charge is 0.489 e. The fourth-order valence-corrected chi connectivity index (χ4v) is 6.73. The second kappa shape index (κ2) is 15.3. The van der Waals surface area contributed by atoms with Gasteiger partial charge in [0.1, 0.15) is 30.5 Å². The van der Waals surface area contributed by atoms with Crippen LogP contribution in [0.5, 0.6) is 17.2 Å². The molecule has 250 valence electrons. The molecule has 0 aliphatic rings. The number of fused-ring (bicyclic) bond motifs is 1. The van der Waals surface area contributed by atoms with Crippen LogP contribution in [0, 0.1) is 30.1 Å². The standard InChI is InChI=1S/C44H46N2O3/c1-30(2)42(31(3)4)44(45)49-38-20-16-33(17-21-38)27-46-41-25-24-39(48-29-35-14-10-7-11-15-35)26-40(41)32(5)43(46)36-18-22-37(23-19-36)47-28-34-12-8-6-9-13-34/h6-26,30-31,42,45H,27-29H2,1-5H3. The van der Waals surface area contributed by atoms with Crippen LogP contribution in [0.25, 0.3) is 22.2 Å². The second-order valence-corrected chi connectivity index (χ2v) is 13.4. The highest BCUT2D eigenvalue weighted by molar-refractivity contribution is 5.92. The van der Waals surface area contributed by atoms with Crippen LogP contribution in [0.15, 0.2) is 127 Å². The Bertz CT molecular complexity index is 1970. The molecular formula is C44H46N2O3. The number of rotatable bonds is 13. The molecule has 0 unspecified atom stereocenters. The monoisotopic (exact) mass is 650 g/mol. The van der Waals surface area contributed by atoms with Crippen LogP contribution >= 0.6 is 0 Å². The van der Waals surface area contributed by atoms with Crippen LogP contribution in [0.1, 0.15) is 49.9 Å².